The van der Waals surface area contributed by atoms with Gasteiger partial charge in [-0.15, -0.1) is 24.0 Å². The maximum Gasteiger partial charge on any atom is 0.391 e. The Bertz CT molecular complexity index is 595. The van der Waals surface area contributed by atoms with Crippen LogP contribution in [0.15, 0.2) is 29.3 Å². The van der Waals surface area contributed by atoms with E-state index in [4.69, 9.17) is 4.74 Å². The van der Waals surface area contributed by atoms with Crippen molar-refractivity contribution in [3.05, 3.63) is 35.6 Å². The zero-order chi connectivity index (χ0) is 19.2. The van der Waals surface area contributed by atoms with Gasteiger partial charge >= 0.3 is 6.18 Å². The molecule has 1 aromatic rings. The lowest BCUT2D eigenvalue weighted by molar-refractivity contribution is -0.183. The lowest BCUT2D eigenvalue weighted by Crippen LogP contribution is -2.47. The average Bonchev–Trinajstić information content (AvgIpc) is 2.62. The number of guanidine groups is 1. The van der Waals surface area contributed by atoms with Crippen molar-refractivity contribution >= 4 is 29.9 Å². The third kappa shape index (κ3) is 7.44. The number of halogens is 5. The summed E-state index contributed by atoms with van der Waals surface area (Å²) >= 11 is 0. The number of methoxy groups -OCH3 is 1. The Labute approximate surface area is 174 Å². The quantitative estimate of drug-likeness (QED) is 0.271. The van der Waals surface area contributed by atoms with Crippen LogP contribution >= 0.6 is 24.0 Å². The van der Waals surface area contributed by atoms with Crippen molar-refractivity contribution < 1.29 is 22.3 Å². The standard InChI is InChI=1S/C18H25F4N3O.HI/c1-23-17(25-15-5-3-4-13(10-15)18(20,21)22)24-11-16(26-2)12-6-8-14(19)9-7-12;/h6-9,13,15-16H,3-5,10-11H2,1-2H3,(H2,23,24,25);1H. The van der Waals surface area contributed by atoms with Gasteiger partial charge in [0, 0.05) is 26.7 Å². The number of nitrogens with zero attached hydrogens (tertiary/aromatic N) is 1. The average molecular weight is 503 g/mol. The van der Waals surface area contributed by atoms with Gasteiger partial charge in [-0.25, -0.2) is 4.39 Å². The molecule has 1 aromatic carbocycles. The largest absolute Gasteiger partial charge is 0.391 e. The molecule has 1 aliphatic rings. The molecule has 1 saturated carbocycles. The molecular formula is C18H26F4IN3O. The van der Waals surface area contributed by atoms with Gasteiger partial charge in [0.05, 0.1) is 12.0 Å². The van der Waals surface area contributed by atoms with Gasteiger partial charge in [0.2, 0.25) is 0 Å². The molecule has 0 heterocycles. The van der Waals surface area contributed by atoms with Crippen LogP contribution in [0.4, 0.5) is 17.6 Å². The van der Waals surface area contributed by atoms with Gasteiger partial charge in [-0.1, -0.05) is 18.6 Å². The summed E-state index contributed by atoms with van der Waals surface area (Å²) in [5.41, 5.74) is 0.798. The number of hydrogen-bond acceptors (Lipinski definition) is 2. The highest BCUT2D eigenvalue weighted by molar-refractivity contribution is 14.0. The summed E-state index contributed by atoms with van der Waals surface area (Å²) in [5, 5.41) is 6.14. The molecule has 154 valence electrons. The third-order valence-electron chi connectivity index (χ3n) is 4.68. The predicted molar refractivity (Wildman–Crippen MR) is 108 cm³/mol. The molecule has 2 rings (SSSR count). The number of rotatable bonds is 5. The molecule has 0 spiro atoms. The van der Waals surface area contributed by atoms with Gasteiger partial charge in [-0.3, -0.25) is 4.99 Å². The Morgan fingerprint density at radius 2 is 1.93 bits per heavy atom. The SMILES string of the molecule is CN=C(NCC(OC)c1ccc(F)cc1)NC1CCCC(C(F)(F)F)C1.I. The van der Waals surface area contributed by atoms with Crippen molar-refractivity contribution in [2.24, 2.45) is 10.9 Å². The van der Waals surface area contributed by atoms with E-state index in [-0.39, 0.29) is 54.8 Å². The number of aliphatic imine (C=N–C) groups is 1. The maximum atomic E-state index is 13.0. The van der Waals surface area contributed by atoms with E-state index >= 15 is 0 Å². The highest BCUT2D eigenvalue weighted by Gasteiger charge is 2.42. The first-order valence-corrected chi connectivity index (χ1v) is 8.65. The fraction of sp³-hybridized carbons (Fsp3) is 0.611. The molecule has 0 amide bonds. The Balaban J connectivity index is 0.00000364. The summed E-state index contributed by atoms with van der Waals surface area (Å²) in [6.07, 6.45) is -3.03. The van der Waals surface area contributed by atoms with Gasteiger partial charge < -0.3 is 15.4 Å². The van der Waals surface area contributed by atoms with E-state index in [0.717, 1.165) is 5.56 Å². The highest BCUT2D eigenvalue weighted by Crippen LogP contribution is 2.37. The summed E-state index contributed by atoms with van der Waals surface area (Å²) < 4.78 is 57.2. The number of nitrogens with one attached hydrogen (secondary N) is 2. The first-order valence-electron chi connectivity index (χ1n) is 8.65. The van der Waals surface area contributed by atoms with Gasteiger partial charge in [-0.05, 0) is 37.0 Å². The molecule has 4 nitrogen and oxygen atoms in total. The molecule has 0 bridgehead atoms. The van der Waals surface area contributed by atoms with Crippen LogP contribution in [0.1, 0.15) is 37.4 Å². The van der Waals surface area contributed by atoms with Crippen molar-refractivity contribution in [2.45, 2.75) is 44.0 Å². The van der Waals surface area contributed by atoms with Gasteiger partial charge in [-0.2, -0.15) is 13.2 Å². The van der Waals surface area contributed by atoms with E-state index in [1.54, 1.807) is 26.3 Å². The Kier molecular flexibility index (Phi) is 9.78. The fourth-order valence-electron chi connectivity index (χ4n) is 3.21. The molecule has 3 unspecified atom stereocenters. The number of alkyl halides is 3. The van der Waals surface area contributed by atoms with E-state index in [0.29, 0.717) is 25.3 Å². The van der Waals surface area contributed by atoms with Crippen LogP contribution in [-0.4, -0.2) is 38.9 Å². The second-order valence-corrected chi connectivity index (χ2v) is 6.48. The minimum atomic E-state index is -4.15. The van der Waals surface area contributed by atoms with Crippen LogP contribution in [0, 0.1) is 11.7 Å². The molecule has 1 aliphatic carbocycles. The third-order valence-corrected chi connectivity index (χ3v) is 4.68. The Morgan fingerprint density at radius 1 is 1.26 bits per heavy atom. The van der Waals surface area contributed by atoms with E-state index in [1.165, 1.54) is 12.1 Å². The minimum absolute atomic E-state index is 0. The molecule has 2 N–H and O–H groups in total. The molecule has 27 heavy (non-hydrogen) atoms. The summed E-state index contributed by atoms with van der Waals surface area (Å²) in [7, 11) is 3.11. The molecule has 0 aliphatic heterocycles. The second kappa shape index (κ2) is 11.0. The number of hydrogen-bond donors (Lipinski definition) is 2. The summed E-state index contributed by atoms with van der Waals surface area (Å²) in [4.78, 5) is 4.08. The van der Waals surface area contributed by atoms with E-state index in [1.807, 2.05) is 0 Å². The van der Waals surface area contributed by atoms with E-state index in [9.17, 15) is 17.6 Å². The lowest BCUT2D eigenvalue weighted by atomic mass is 9.85. The summed E-state index contributed by atoms with van der Waals surface area (Å²) in [5.74, 6) is -1.16. The predicted octanol–water partition coefficient (Wildman–Crippen LogP) is 4.42. The molecule has 1 fully saturated rings. The summed E-state index contributed by atoms with van der Waals surface area (Å²) in [6.45, 7) is 0.358. The van der Waals surface area contributed by atoms with Crippen LogP contribution < -0.4 is 10.6 Å². The van der Waals surface area contributed by atoms with Gasteiger partial charge in [0.1, 0.15) is 5.82 Å². The number of benzene rings is 1. The molecule has 0 aromatic heterocycles. The molecule has 0 saturated heterocycles. The molecule has 9 heteroatoms. The Hall–Kier alpha value is -1.10. The highest BCUT2D eigenvalue weighted by atomic mass is 127. The van der Waals surface area contributed by atoms with Crippen LogP contribution in [0.2, 0.25) is 0 Å². The van der Waals surface area contributed by atoms with Gasteiger partial charge in [0.15, 0.2) is 5.96 Å². The molecular weight excluding hydrogens is 477 g/mol. The Morgan fingerprint density at radius 3 is 2.48 bits per heavy atom. The lowest BCUT2D eigenvalue weighted by Gasteiger charge is -2.32. The van der Waals surface area contributed by atoms with Crippen molar-refractivity contribution in [3.63, 3.8) is 0 Å². The van der Waals surface area contributed by atoms with Crippen molar-refractivity contribution in [3.8, 4) is 0 Å². The topological polar surface area (TPSA) is 45.7 Å². The first-order chi connectivity index (χ1) is 12.3. The monoisotopic (exact) mass is 503 g/mol. The second-order valence-electron chi connectivity index (χ2n) is 6.48. The maximum absolute atomic E-state index is 13.0. The van der Waals surface area contributed by atoms with Crippen molar-refractivity contribution in [1.29, 1.82) is 0 Å². The van der Waals surface area contributed by atoms with Crippen LogP contribution in [0.5, 0.6) is 0 Å². The zero-order valence-corrected chi connectivity index (χ0v) is 17.7. The van der Waals surface area contributed by atoms with Crippen LogP contribution in [0.25, 0.3) is 0 Å². The van der Waals surface area contributed by atoms with E-state index in [2.05, 4.69) is 15.6 Å². The van der Waals surface area contributed by atoms with Crippen LogP contribution in [0.3, 0.4) is 0 Å². The number of ether oxygens (including phenoxy) is 1. The van der Waals surface area contributed by atoms with Crippen molar-refractivity contribution in [2.75, 3.05) is 20.7 Å². The smallest absolute Gasteiger partial charge is 0.375 e. The first kappa shape index (κ1) is 23.9. The van der Waals surface area contributed by atoms with E-state index < -0.39 is 12.1 Å². The zero-order valence-electron chi connectivity index (χ0n) is 15.4. The minimum Gasteiger partial charge on any atom is -0.375 e. The molecule has 3 atom stereocenters. The fourth-order valence-corrected chi connectivity index (χ4v) is 3.21. The summed E-state index contributed by atoms with van der Waals surface area (Å²) in [6, 6.07) is 5.71. The normalized spacial score (nSPS) is 21.9. The van der Waals surface area contributed by atoms with Crippen molar-refractivity contribution in [1.82, 2.24) is 10.6 Å². The van der Waals surface area contributed by atoms with Crippen LogP contribution in [-0.2, 0) is 4.74 Å². The molecule has 0 radical (unpaired) electrons. The van der Waals surface area contributed by atoms with Gasteiger partial charge in [0.25, 0.3) is 0 Å².